The Morgan fingerprint density at radius 2 is 2.13 bits per heavy atom. The quantitative estimate of drug-likeness (QED) is 0.758. The van der Waals surface area contributed by atoms with Gasteiger partial charge in [-0.05, 0) is 24.0 Å². The van der Waals surface area contributed by atoms with Gasteiger partial charge in [0, 0.05) is 5.54 Å². The van der Waals surface area contributed by atoms with E-state index >= 15 is 0 Å². The summed E-state index contributed by atoms with van der Waals surface area (Å²) >= 11 is 0. The van der Waals surface area contributed by atoms with Crippen molar-refractivity contribution < 1.29 is 9.53 Å². The Labute approximate surface area is 89.2 Å². The molecule has 0 spiro atoms. The molecule has 2 rings (SSSR count). The largest absolute Gasteiger partial charge is 0.469 e. The molecular weight excluding hydrogens is 190 g/mol. The first-order chi connectivity index (χ1) is 7.15. The van der Waals surface area contributed by atoms with Gasteiger partial charge in [0.05, 0.1) is 13.5 Å². The Balaban J connectivity index is 2.26. The van der Waals surface area contributed by atoms with Crippen LogP contribution >= 0.6 is 0 Å². The highest BCUT2D eigenvalue weighted by Crippen LogP contribution is 2.44. The molecule has 15 heavy (non-hydrogen) atoms. The van der Waals surface area contributed by atoms with Crippen LogP contribution in [0.25, 0.3) is 0 Å². The summed E-state index contributed by atoms with van der Waals surface area (Å²) in [4.78, 5) is 11.2. The SMILES string of the molecule is COC(=O)Cc1ccccc1C1(N)CC1. The van der Waals surface area contributed by atoms with Gasteiger partial charge in [0.25, 0.3) is 0 Å². The van der Waals surface area contributed by atoms with Crippen LogP contribution in [0.15, 0.2) is 24.3 Å². The number of hydrogen-bond donors (Lipinski definition) is 1. The zero-order chi connectivity index (χ0) is 10.9. The molecule has 0 bridgehead atoms. The van der Waals surface area contributed by atoms with Crippen molar-refractivity contribution in [1.29, 1.82) is 0 Å². The molecule has 0 atom stereocenters. The highest BCUT2D eigenvalue weighted by molar-refractivity contribution is 5.73. The average Bonchev–Trinajstić information content (AvgIpc) is 2.98. The Morgan fingerprint density at radius 3 is 2.73 bits per heavy atom. The Hall–Kier alpha value is -1.35. The Bertz CT molecular complexity index is 383. The fraction of sp³-hybridized carbons (Fsp3) is 0.417. The molecule has 1 aromatic rings. The van der Waals surface area contributed by atoms with Crippen LogP contribution in [0.1, 0.15) is 24.0 Å². The number of carbonyl (C=O) groups excluding carboxylic acids is 1. The van der Waals surface area contributed by atoms with E-state index in [2.05, 4.69) is 4.74 Å². The smallest absolute Gasteiger partial charge is 0.309 e. The second-order valence-electron chi connectivity index (χ2n) is 4.07. The monoisotopic (exact) mass is 205 g/mol. The first-order valence-electron chi connectivity index (χ1n) is 5.10. The molecule has 2 N–H and O–H groups in total. The van der Waals surface area contributed by atoms with E-state index in [9.17, 15) is 4.79 Å². The lowest BCUT2D eigenvalue weighted by Gasteiger charge is -2.14. The van der Waals surface area contributed by atoms with Crippen molar-refractivity contribution in [2.75, 3.05) is 7.11 Å². The molecule has 0 aromatic heterocycles. The molecule has 0 heterocycles. The van der Waals surface area contributed by atoms with Gasteiger partial charge in [0.1, 0.15) is 0 Å². The summed E-state index contributed by atoms with van der Waals surface area (Å²) in [6.45, 7) is 0. The van der Waals surface area contributed by atoms with Crippen LogP contribution in [0, 0.1) is 0 Å². The third-order valence-electron chi connectivity index (χ3n) is 2.90. The van der Waals surface area contributed by atoms with Gasteiger partial charge in [-0.25, -0.2) is 0 Å². The van der Waals surface area contributed by atoms with Crippen molar-refractivity contribution in [3.05, 3.63) is 35.4 Å². The van der Waals surface area contributed by atoms with E-state index in [4.69, 9.17) is 5.73 Å². The molecule has 1 fully saturated rings. The van der Waals surface area contributed by atoms with Crippen molar-refractivity contribution in [3.8, 4) is 0 Å². The third-order valence-corrected chi connectivity index (χ3v) is 2.90. The molecule has 0 aliphatic heterocycles. The van der Waals surface area contributed by atoms with Gasteiger partial charge >= 0.3 is 5.97 Å². The summed E-state index contributed by atoms with van der Waals surface area (Å²) in [5.74, 6) is -0.216. The van der Waals surface area contributed by atoms with Crippen LogP contribution in [0.3, 0.4) is 0 Å². The highest BCUT2D eigenvalue weighted by atomic mass is 16.5. The summed E-state index contributed by atoms with van der Waals surface area (Å²) in [7, 11) is 1.40. The van der Waals surface area contributed by atoms with Gasteiger partial charge in [-0.3, -0.25) is 4.79 Å². The number of methoxy groups -OCH3 is 1. The summed E-state index contributed by atoms with van der Waals surface area (Å²) in [5, 5.41) is 0. The first kappa shape index (κ1) is 10.2. The lowest BCUT2D eigenvalue weighted by molar-refractivity contribution is -0.139. The Morgan fingerprint density at radius 1 is 1.47 bits per heavy atom. The second kappa shape index (κ2) is 3.66. The lowest BCUT2D eigenvalue weighted by atomic mass is 9.97. The van der Waals surface area contributed by atoms with Crippen LogP contribution in [-0.4, -0.2) is 13.1 Å². The van der Waals surface area contributed by atoms with Gasteiger partial charge in [0.2, 0.25) is 0 Å². The number of ether oxygens (including phenoxy) is 1. The molecule has 1 saturated carbocycles. The first-order valence-corrected chi connectivity index (χ1v) is 5.10. The van der Waals surface area contributed by atoms with Crippen molar-refractivity contribution in [3.63, 3.8) is 0 Å². The predicted molar refractivity (Wildman–Crippen MR) is 57.3 cm³/mol. The zero-order valence-electron chi connectivity index (χ0n) is 8.82. The van der Waals surface area contributed by atoms with E-state index in [1.165, 1.54) is 7.11 Å². The van der Waals surface area contributed by atoms with E-state index < -0.39 is 0 Å². The van der Waals surface area contributed by atoms with E-state index in [-0.39, 0.29) is 11.5 Å². The number of esters is 1. The summed E-state index contributed by atoms with van der Waals surface area (Å²) < 4.78 is 4.66. The van der Waals surface area contributed by atoms with Gasteiger partial charge in [-0.2, -0.15) is 0 Å². The van der Waals surface area contributed by atoms with Gasteiger partial charge in [-0.15, -0.1) is 0 Å². The maximum Gasteiger partial charge on any atom is 0.309 e. The lowest BCUT2D eigenvalue weighted by Crippen LogP contribution is -2.21. The normalized spacial score (nSPS) is 17.2. The maximum atomic E-state index is 11.2. The summed E-state index contributed by atoms with van der Waals surface area (Å²) in [5.41, 5.74) is 8.03. The number of benzene rings is 1. The zero-order valence-corrected chi connectivity index (χ0v) is 8.82. The number of carbonyl (C=O) groups is 1. The topological polar surface area (TPSA) is 52.3 Å². The van der Waals surface area contributed by atoms with Crippen LogP contribution in [0.5, 0.6) is 0 Å². The molecule has 80 valence electrons. The molecule has 1 aliphatic rings. The minimum atomic E-state index is -0.216. The molecule has 1 aromatic carbocycles. The van der Waals surface area contributed by atoms with Crippen LogP contribution in [0.2, 0.25) is 0 Å². The van der Waals surface area contributed by atoms with Crippen molar-refractivity contribution >= 4 is 5.97 Å². The third kappa shape index (κ3) is 2.02. The summed E-state index contributed by atoms with van der Waals surface area (Å²) in [6, 6.07) is 7.83. The number of rotatable bonds is 3. The van der Waals surface area contributed by atoms with Crippen LogP contribution in [-0.2, 0) is 21.5 Å². The van der Waals surface area contributed by atoms with Crippen LogP contribution < -0.4 is 5.73 Å². The predicted octanol–water partition coefficient (Wildman–Crippen LogP) is 1.35. The van der Waals surface area contributed by atoms with E-state index in [1.807, 2.05) is 24.3 Å². The number of nitrogens with two attached hydrogens (primary N) is 1. The highest BCUT2D eigenvalue weighted by Gasteiger charge is 2.41. The molecule has 1 aliphatic carbocycles. The van der Waals surface area contributed by atoms with Gasteiger partial charge < -0.3 is 10.5 Å². The standard InChI is InChI=1S/C12H15NO2/c1-15-11(14)8-9-4-2-3-5-10(9)12(13)6-7-12/h2-5H,6-8,13H2,1H3. The van der Waals surface area contributed by atoms with Gasteiger partial charge in [0.15, 0.2) is 0 Å². The minimum Gasteiger partial charge on any atom is -0.469 e. The maximum absolute atomic E-state index is 11.2. The Kier molecular flexibility index (Phi) is 2.49. The molecule has 3 heteroatoms. The van der Waals surface area contributed by atoms with E-state index in [0.717, 1.165) is 24.0 Å². The molecule has 3 nitrogen and oxygen atoms in total. The average molecular weight is 205 g/mol. The minimum absolute atomic E-state index is 0.190. The molecule has 0 saturated heterocycles. The van der Waals surface area contributed by atoms with Gasteiger partial charge in [-0.1, -0.05) is 24.3 Å². The molecular formula is C12H15NO2. The molecule has 0 unspecified atom stereocenters. The van der Waals surface area contributed by atoms with Crippen LogP contribution in [0.4, 0.5) is 0 Å². The summed E-state index contributed by atoms with van der Waals surface area (Å²) in [6.07, 6.45) is 2.32. The molecule has 0 amide bonds. The van der Waals surface area contributed by atoms with E-state index in [1.54, 1.807) is 0 Å². The van der Waals surface area contributed by atoms with Crippen molar-refractivity contribution in [2.45, 2.75) is 24.8 Å². The van der Waals surface area contributed by atoms with E-state index in [0.29, 0.717) is 6.42 Å². The fourth-order valence-electron chi connectivity index (χ4n) is 1.79. The second-order valence-corrected chi connectivity index (χ2v) is 4.07. The van der Waals surface area contributed by atoms with Crippen molar-refractivity contribution in [2.24, 2.45) is 5.73 Å². The number of hydrogen-bond acceptors (Lipinski definition) is 3. The molecule has 0 radical (unpaired) electrons. The van der Waals surface area contributed by atoms with Crippen molar-refractivity contribution in [1.82, 2.24) is 0 Å². The fourth-order valence-corrected chi connectivity index (χ4v) is 1.79.